The molecule has 31 heavy (non-hydrogen) atoms. The maximum Gasteiger partial charge on any atom is 0.272 e. The predicted octanol–water partition coefficient (Wildman–Crippen LogP) is 5.11. The Labute approximate surface area is 178 Å². The lowest BCUT2D eigenvalue weighted by molar-refractivity contribution is 0.101. The van der Waals surface area contributed by atoms with Gasteiger partial charge < -0.3 is 5.32 Å². The van der Waals surface area contributed by atoms with E-state index in [4.69, 9.17) is 0 Å². The fourth-order valence-electron chi connectivity index (χ4n) is 3.53. The molecule has 3 aromatic carbocycles. The number of H-pyrrole nitrogens is 1. The van der Waals surface area contributed by atoms with Crippen LogP contribution < -0.4 is 10.9 Å². The lowest BCUT2D eigenvalue weighted by atomic mass is 9.91. The van der Waals surface area contributed by atoms with Crippen LogP contribution in [0.4, 0.5) is 15.8 Å². The number of rotatable bonds is 6. The predicted molar refractivity (Wildman–Crippen MR) is 119 cm³/mol. The third kappa shape index (κ3) is 4.59. The zero-order valence-electron chi connectivity index (χ0n) is 16.9. The molecule has 0 aliphatic heterocycles. The molecule has 1 heterocycles. The number of nitrogens with one attached hydrogen (secondary N) is 2. The van der Waals surface area contributed by atoms with Gasteiger partial charge in [0.25, 0.3) is 5.56 Å². The molecule has 0 spiro atoms. The van der Waals surface area contributed by atoms with Crippen LogP contribution >= 0.6 is 0 Å². The van der Waals surface area contributed by atoms with Crippen molar-refractivity contribution in [1.29, 1.82) is 0 Å². The van der Waals surface area contributed by atoms with Crippen LogP contribution in [0.2, 0.25) is 0 Å². The van der Waals surface area contributed by atoms with E-state index in [-0.39, 0.29) is 17.2 Å². The Morgan fingerprint density at radius 3 is 2.52 bits per heavy atom. The second kappa shape index (κ2) is 8.75. The van der Waals surface area contributed by atoms with Crippen LogP contribution in [0, 0.1) is 5.82 Å². The van der Waals surface area contributed by atoms with E-state index < -0.39 is 0 Å². The molecule has 0 fully saturated rings. The number of Topliss-reactive ketones (excluding diaryl/α,β-unsaturated/α-hetero) is 1. The van der Waals surface area contributed by atoms with Gasteiger partial charge in [-0.15, -0.1) is 0 Å². The molecule has 0 saturated heterocycles. The van der Waals surface area contributed by atoms with Crippen molar-refractivity contribution in [3.63, 3.8) is 0 Å². The summed E-state index contributed by atoms with van der Waals surface area (Å²) in [4.78, 5) is 24.9. The highest BCUT2D eigenvalue weighted by atomic mass is 19.1. The Hall–Kier alpha value is -4.06. The number of hydrogen-bond donors (Lipinski definition) is 2. The van der Waals surface area contributed by atoms with Crippen LogP contribution in [0.5, 0.6) is 0 Å². The van der Waals surface area contributed by atoms with Gasteiger partial charge >= 0.3 is 0 Å². The molecule has 0 unspecified atom stereocenters. The van der Waals surface area contributed by atoms with Gasteiger partial charge in [-0.05, 0) is 66.4 Å². The van der Waals surface area contributed by atoms with Gasteiger partial charge in [-0.3, -0.25) is 9.59 Å². The summed E-state index contributed by atoms with van der Waals surface area (Å²) in [6.45, 7) is 1.46. The number of anilines is 2. The summed E-state index contributed by atoms with van der Waals surface area (Å²) < 4.78 is 13.7. The van der Waals surface area contributed by atoms with Crippen molar-refractivity contribution in [3.8, 4) is 11.1 Å². The highest BCUT2D eigenvalue weighted by Gasteiger charge is 2.17. The first-order valence-electron chi connectivity index (χ1n) is 9.79. The van der Waals surface area contributed by atoms with Crippen molar-refractivity contribution in [2.75, 3.05) is 5.32 Å². The summed E-state index contributed by atoms with van der Waals surface area (Å²) in [6, 6.07) is 21.1. The van der Waals surface area contributed by atoms with Crippen molar-refractivity contribution in [1.82, 2.24) is 10.2 Å². The number of hydrogen-bond acceptors (Lipinski definition) is 4. The quantitative estimate of drug-likeness (QED) is 0.431. The third-order valence-corrected chi connectivity index (χ3v) is 4.98. The van der Waals surface area contributed by atoms with Gasteiger partial charge in [0.15, 0.2) is 5.78 Å². The van der Waals surface area contributed by atoms with Crippen LogP contribution in [0.1, 0.15) is 28.4 Å². The van der Waals surface area contributed by atoms with E-state index in [1.54, 1.807) is 24.3 Å². The molecule has 0 amide bonds. The highest BCUT2D eigenvalue weighted by molar-refractivity contribution is 6.02. The zero-order valence-corrected chi connectivity index (χ0v) is 16.9. The summed E-state index contributed by atoms with van der Waals surface area (Å²) in [5.41, 5.74) is 4.15. The molecule has 5 nitrogen and oxygen atoms in total. The van der Waals surface area contributed by atoms with Gasteiger partial charge in [0, 0.05) is 23.1 Å². The highest BCUT2D eigenvalue weighted by Crippen LogP contribution is 2.32. The van der Waals surface area contributed by atoms with Crippen LogP contribution in [-0.4, -0.2) is 16.0 Å². The number of aromatic amines is 1. The fraction of sp³-hybridized carbons (Fsp3) is 0.0800. The first-order chi connectivity index (χ1) is 15.0. The van der Waals surface area contributed by atoms with Crippen LogP contribution in [-0.2, 0) is 6.42 Å². The van der Waals surface area contributed by atoms with Gasteiger partial charge in [0.05, 0.1) is 5.56 Å². The molecule has 2 N–H and O–H groups in total. The number of halogens is 1. The minimum Gasteiger partial charge on any atom is -0.355 e. The number of nitrogens with zero attached hydrogens (tertiary/aromatic N) is 1. The van der Waals surface area contributed by atoms with Crippen LogP contribution in [0.25, 0.3) is 11.1 Å². The van der Waals surface area contributed by atoms with Crippen molar-refractivity contribution < 1.29 is 9.18 Å². The third-order valence-electron chi connectivity index (χ3n) is 4.98. The van der Waals surface area contributed by atoms with E-state index in [9.17, 15) is 14.0 Å². The maximum atomic E-state index is 13.7. The van der Waals surface area contributed by atoms with Crippen LogP contribution in [0.3, 0.4) is 0 Å². The van der Waals surface area contributed by atoms with Gasteiger partial charge in [0.2, 0.25) is 0 Å². The number of benzene rings is 3. The average molecular weight is 413 g/mol. The molecule has 0 atom stereocenters. The number of carbonyl (C=O) groups excluding carboxylic acids is 1. The zero-order chi connectivity index (χ0) is 21.8. The molecule has 0 aliphatic rings. The summed E-state index contributed by atoms with van der Waals surface area (Å²) in [7, 11) is 0. The molecule has 154 valence electrons. The number of aromatic nitrogens is 2. The Kier molecular flexibility index (Phi) is 5.71. The standard InChI is InChI=1S/C25H20FN3O2/c1-16(30)22-15-23(21-10-11-27-29-25(21)31)18(12-17-6-3-2-4-7-17)13-24(22)28-20-9-5-8-19(26)14-20/h2-11,13-15,28H,12H2,1H3,(H,29,31). The van der Waals surface area contributed by atoms with Gasteiger partial charge in [-0.1, -0.05) is 36.4 Å². The lowest BCUT2D eigenvalue weighted by Gasteiger charge is -2.17. The lowest BCUT2D eigenvalue weighted by Crippen LogP contribution is -2.12. The van der Waals surface area contributed by atoms with E-state index in [1.165, 1.54) is 25.3 Å². The summed E-state index contributed by atoms with van der Waals surface area (Å²) in [5.74, 6) is -0.546. The van der Waals surface area contributed by atoms with Crippen molar-refractivity contribution >= 4 is 17.2 Å². The molecule has 0 bridgehead atoms. The van der Waals surface area contributed by atoms with Crippen molar-refractivity contribution in [2.45, 2.75) is 13.3 Å². The molecule has 1 aromatic heterocycles. The Bertz CT molecular complexity index is 1300. The molecule has 0 radical (unpaired) electrons. The second-order valence-corrected chi connectivity index (χ2v) is 7.21. The largest absolute Gasteiger partial charge is 0.355 e. The minimum absolute atomic E-state index is 0.170. The van der Waals surface area contributed by atoms with Crippen molar-refractivity contribution in [3.05, 3.63) is 112 Å². The molecule has 4 aromatic rings. The molecule has 6 heteroatoms. The van der Waals surface area contributed by atoms with Gasteiger partial charge in [0.1, 0.15) is 5.82 Å². The minimum atomic E-state index is -0.376. The molecular weight excluding hydrogens is 393 g/mol. The Morgan fingerprint density at radius 2 is 1.81 bits per heavy atom. The maximum absolute atomic E-state index is 13.7. The fourth-order valence-corrected chi connectivity index (χ4v) is 3.53. The van der Waals surface area contributed by atoms with E-state index in [2.05, 4.69) is 15.5 Å². The average Bonchev–Trinajstić information content (AvgIpc) is 2.75. The summed E-state index contributed by atoms with van der Waals surface area (Å²) in [6.07, 6.45) is 2.06. The SMILES string of the molecule is CC(=O)c1cc(-c2ccn[nH]c2=O)c(Cc2ccccc2)cc1Nc1cccc(F)c1. The second-order valence-electron chi connectivity index (χ2n) is 7.21. The monoisotopic (exact) mass is 413 g/mol. The van der Waals surface area contributed by atoms with E-state index >= 15 is 0 Å². The topological polar surface area (TPSA) is 74.8 Å². The normalized spacial score (nSPS) is 10.6. The number of ketones is 1. The van der Waals surface area contributed by atoms with E-state index in [0.29, 0.717) is 34.5 Å². The van der Waals surface area contributed by atoms with Crippen LogP contribution in [0.15, 0.2) is 83.8 Å². The van der Waals surface area contributed by atoms with Crippen molar-refractivity contribution in [2.24, 2.45) is 0 Å². The first kappa shape index (κ1) is 20.2. The first-order valence-corrected chi connectivity index (χ1v) is 9.79. The summed E-state index contributed by atoms with van der Waals surface area (Å²) in [5, 5.41) is 9.38. The molecule has 0 saturated carbocycles. The Morgan fingerprint density at radius 1 is 1.00 bits per heavy atom. The smallest absolute Gasteiger partial charge is 0.272 e. The molecular formula is C25H20FN3O2. The van der Waals surface area contributed by atoms with Gasteiger partial charge in [-0.25, -0.2) is 9.49 Å². The van der Waals surface area contributed by atoms with Gasteiger partial charge in [-0.2, -0.15) is 5.10 Å². The molecule has 0 aliphatic carbocycles. The molecule has 4 rings (SSSR count). The van der Waals surface area contributed by atoms with E-state index in [0.717, 1.165) is 11.1 Å². The number of carbonyl (C=O) groups is 1. The van der Waals surface area contributed by atoms with E-state index in [1.807, 2.05) is 36.4 Å². The summed E-state index contributed by atoms with van der Waals surface area (Å²) >= 11 is 0. The Balaban J connectivity index is 1.89.